The summed E-state index contributed by atoms with van der Waals surface area (Å²) in [5.74, 6) is 0. The Morgan fingerprint density at radius 2 is 2.00 bits per heavy atom. The summed E-state index contributed by atoms with van der Waals surface area (Å²) in [5, 5.41) is 3.01. The molecule has 0 aliphatic heterocycles. The zero-order valence-corrected chi connectivity index (χ0v) is 7.88. The highest BCUT2D eigenvalue weighted by Crippen LogP contribution is 2.17. The zero-order chi connectivity index (χ0) is 8.10. The van der Waals surface area contributed by atoms with E-state index in [2.05, 4.69) is 23.7 Å². The van der Waals surface area contributed by atoms with Crippen LogP contribution in [0.15, 0.2) is 29.2 Å². The molecule has 0 aliphatic rings. The Morgan fingerprint density at radius 1 is 1.36 bits per heavy atom. The molecule has 1 nitrogen and oxygen atoms in total. The van der Waals surface area contributed by atoms with E-state index in [1.807, 2.05) is 12.1 Å². The molecule has 0 atom stereocenters. The highest BCUT2D eigenvalue weighted by atomic mass is 35.5. The Hall–Kier alpha value is -0.340. The Bertz CT molecular complexity index is 210. The number of thioether (sulfide) groups is 1. The third-order valence-corrected chi connectivity index (χ3v) is 2.24. The average Bonchev–Trinajstić information content (AvgIpc) is 2.07. The average molecular weight is 188 g/mol. The van der Waals surface area contributed by atoms with Crippen molar-refractivity contribution in [3.05, 3.63) is 24.3 Å². The molecule has 1 N–H and O–H groups in total. The third-order valence-electron chi connectivity index (χ3n) is 1.36. The Morgan fingerprint density at radius 3 is 2.45 bits per heavy atom. The van der Waals surface area contributed by atoms with Crippen LogP contribution >= 0.6 is 23.4 Å². The smallest absolute Gasteiger partial charge is 0.0901 e. The number of hydrogen-bond donors (Lipinski definition) is 1. The predicted molar refractivity (Wildman–Crippen MR) is 52.6 cm³/mol. The summed E-state index contributed by atoms with van der Waals surface area (Å²) in [6, 6.07) is 8.64. The molecule has 11 heavy (non-hydrogen) atoms. The fourth-order valence-corrected chi connectivity index (χ4v) is 1.35. The van der Waals surface area contributed by atoms with Crippen LogP contribution in [-0.4, -0.2) is 12.3 Å². The van der Waals surface area contributed by atoms with Gasteiger partial charge in [-0.2, -0.15) is 0 Å². The van der Waals surface area contributed by atoms with E-state index in [1.54, 1.807) is 11.8 Å². The second kappa shape index (κ2) is 4.52. The second-order valence-electron chi connectivity index (χ2n) is 2.04. The summed E-state index contributed by atoms with van der Waals surface area (Å²) < 4.78 is 0. The van der Waals surface area contributed by atoms with Crippen LogP contribution in [0.1, 0.15) is 0 Å². The lowest BCUT2D eigenvalue weighted by Crippen LogP contribution is -1.92. The Labute approximate surface area is 76.1 Å². The van der Waals surface area contributed by atoms with Crippen molar-refractivity contribution < 1.29 is 0 Å². The Balaban J connectivity index is 2.66. The van der Waals surface area contributed by atoms with E-state index in [1.165, 1.54) is 4.90 Å². The molecule has 0 unspecified atom stereocenters. The normalized spacial score (nSPS) is 9.64. The summed E-state index contributed by atoms with van der Waals surface area (Å²) in [6.07, 6.45) is 2.06. The lowest BCUT2D eigenvalue weighted by molar-refractivity contribution is 1.40. The van der Waals surface area contributed by atoms with Crippen LogP contribution in [0, 0.1) is 0 Å². The lowest BCUT2D eigenvalue weighted by Gasteiger charge is -2.01. The van der Waals surface area contributed by atoms with Crippen molar-refractivity contribution in [3.8, 4) is 0 Å². The molecule has 0 radical (unpaired) electrons. The van der Waals surface area contributed by atoms with Crippen LogP contribution in [0.3, 0.4) is 0 Å². The van der Waals surface area contributed by atoms with Crippen molar-refractivity contribution in [2.45, 2.75) is 4.90 Å². The summed E-state index contributed by atoms with van der Waals surface area (Å²) in [5.41, 5.74) is 1.07. The van der Waals surface area contributed by atoms with Crippen LogP contribution in [0.4, 0.5) is 5.69 Å². The quantitative estimate of drug-likeness (QED) is 0.444. The van der Waals surface area contributed by atoms with Gasteiger partial charge in [0, 0.05) is 10.6 Å². The van der Waals surface area contributed by atoms with Gasteiger partial charge in [-0.25, -0.2) is 0 Å². The fourth-order valence-electron chi connectivity index (χ4n) is 0.786. The first kappa shape index (κ1) is 8.75. The molecule has 0 heterocycles. The SMILES string of the molecule is CSc1ccc(NCCl)cc1. The van der Waals surface area contributed by atoms with Crippen molar-refractivity contribution in [2.75, 3.05) is 17.6 Å². The molecule has 1 rings (SSSR count). The number of rotatable bonds is 3. The number of alkyl halides is 1. The second-order valence-corrected chi connectivity index (χ2v) is 3.19. The van der Waals surface area contributed by atoms with Gasteiger partial charge in [-0.15, -0.1) is 23.4 Å². The highest BCUT2D eigenvalue weighted by Gasteiger charge is 1.90. The Kier molecular flexibility index (Phi) is 3.60. The molecule has 60 valence electrons. The van der Waals surface area contributed by atoms with E-state index in [9.17, 15) is 0 Å². The maximum absolute atomic E-state index is 5.49. The van der Waals surface area contributed by atoms with Gasteiger partial charge in [0.05, 0.1) is 6.00 Å². The highest BCUT2D eigenvalue weighted by molar-refractivity contribution is 7.98. The van der Waals surface area contributed by atoms with Gasteiger partial charge in [-0.3, -0.25) is 0 Å². The van der Waals surface area contributed by atoms with Gasteiger partial charge in [-0.1, -0.05) is 0 Å². The number of benzene rings is 1. The fraction of sp³-hybridized carbons (Fsp3) is 0.250. The molecule has 0 spiro atoms. The first-order chi connectivity index (χ1) is 5.36. The van der Waals surface area contributed by atoms with Crippen LogP contribution in [0.5, 0.6) is 0 Å². The van der Waals surface area contributed by atoms with Crippen LogP contribution in [-0.2, 0) is 0 Å². The topological polar surface area (TPSA) is 12.0 Å². The van der Waals surface area contributed by atoms with Gasteiger partial charge in [0.1, 0.15) is 0 Å². The van der Waals surface area contributed by atoms with E-state index >= 15 is 0 Å². The molecule has 0 bridgehead atoms. The monoisotopic (exact) mass is 187 g/mol. The molecule has 0 fully saturated rings. The van der Waals surface area contributed by atoms with Crippen molar-refractivity contribution in [1.82, 2.24) is 0 Å². The summed E-state index contributed by atoms with van der Waals surface area (Å²) in [7, 11) is 0. The molecule has 0 aliphatic carbocycles. The summed E-state index contributed by atoms with van der Waals surface area (Å²) >= 11 is 7.23. The van der Waals surface area contributed by atoms with Crippen LogP contribution in [0.2, 0.25) is 0 Å². The minimum absolute atomic E-state index is 0.457. The van der Waals surface area contributed by atoms with Crippen LogP contribution < -0.4 is 5.32 Å². The lowest BCUT2D eigenvalue weighted by atomic mass is 10.3. The van der Waals surface area contributed by atoms with Crippen molar-refractivity contribution in [2.24, 2.45) is 0 Å². The molecule has 0 saturated carbocycles. The maximum atomic E-state index is 5.49. The molecule has 0 saturated heterocycles. The number of halogens is 1. The van der Waals surface area contributed by atoms with Gasteiger partial charge in [0.2, 0.25) is 0 Å². The molecular weight excluding hydrogens is 178 g/mol. The van der Waals surface area contributed by atoms with Gasteiger partial charge in [-0.05, 0) is 30.5 Å². The van der Waals surface area contributed by atoms with Crippen molar-refractivity contribution >= 4 is 29.1 Å². The molecule has 1 aromatic carbocycles. The standard InChI is InChI=1S/C8H10ClNS/c1-11-8-4-2-7(3-5-8)10-6-9/h2-5,10H,6H2,1H3. The van der Waals surface area contributed by atoms with Gasteiger partial charge < -0.3 is 5.32 Å². The molecule has 0 aromatic heterocycles. The van der Waals surface area contributed by atoms with Gasteiger partial charge in [0.15, 0.2) is 0 Å². The summed E-state index contributed by atoms with van der Waals surface area (Å²) in [4.78, 5) is 1.27. The van der Waals surface area contributed by atoms with E-state index in [0.29, 0.717) is 6.00 Å². The largest absolute Gasteiger partial charge is 0.372 e. The molecule has 1 aromatic rings. The molecular formula is C8H10ClNS. The van der Waals surface area contributed by atoms with E-state index in [-0.39, 0.29) is 0 Å². The third kappa shape index (κ3) is 2.64. The number of nitrogens with one attached hydrogen (secondary N) is 1. The minimum Gasteiger partial charge on any atom is -0.372 e. The first-order valence-corrected chi connectivity index (χ1v) is 5.06. The maximum Gasteiger partial charge on any atom is 0.0901 e. The number of anilines is 1. The van der Waals surface area contributed by atoms with Gasteiger partial charge >= 0.3 is 0 Å². The number of hydrogen-bond acceptors (Lipinski definition) is 2. The predicted octanol–water partition coefficient (Wildman–Crippen LogP) is 3.02. The van der Waals surface area contributed by atoms with E-state index in [4.69, 9.17) is 11.6 Å². The molecule has 0 amide bonds. The van der Waals surface area contributed by atoms with E-state index in [0.717, 1.165) is 5.69 Å². The van der Waals surface area contributed by atoms with Crippen molar-refractivity contribution in [3.63, 3.8) is 0 Å². The summed E-state index contributed by atoms with van der Waals surface area (Å²) in [6.45, 7) is 0. The van der Waals surface area contributed by atoms with Crippen LogP contribution in [0.25, 0.3) is 0 Å². The first-order valence-electron chi connectivity index (χ1n) is 3.30. The van der Waals surface area contributed by atoms with Crippen molar-refractivity contribution in [1.29, 1.82) is 0 Å². The minimum atomic E-state index is 0.457. The van der Waals surface area contributed by atoms with E-state index < -0.39 is 0 Å². The molecule has 3 heteroatoms. The van der Waals surface area contributed by atoms with Gasteiger partial charge in [0.25, 0.3) is 0 Å². The zero-order valence-electron chi connectivity index (χ0n) is 6.30.